The molecule has 1 amide bonds. The van der Waals surface area contributed by atoms with Gasteiger partial charge in [-0.05, 0) is 131 Å². The molecule has 3 aromatic carbocycles. The maximum Gasteiger partial charge on any atom is 0.294 e. The van der Waals surface area contributed by atoms with E-state index in [2.05, 4.69) is 20.9 Å². The molecule has 0 unspecified atom stereocenters. The number of halogens is 1. The van der Waals surface area contributed by atoms with Crippen LogP contribution in [0.3, 0.4) is 0 Å². The first kappa shape index (κ1) is 47.4. The number of nitrogen functional groups attached to an aromatic ring is 1. The summed E-state index contributed by atoms with van der Waals surface area (Å²) in [6.45, 7) is 12.0. The number of amides is 1. The van der Waals surface area contributed by atoms with Crippen LogP contribution in [0, 0.1) is 5.92 Å². The van der Waals surface area contributed by atoms with Gasteiger partial charge in [0.25, 0.3) is 20.2 Å². The Morgan fingerprint density at radius 1 is 0.924 bits per heavy atom. The number of carbonyl (C=O) groups excluding carboxylic acids is 1. The molecule has 0 saturated carbocycles. The second-order valence-electron chi connectivity index (χ2n) is 19.0. The Kier molecular flexibility index (Phi) is 13.0. The predicted molar refractivity (Wildman–Crippen MR) is 262 cm³/mol. The first-order valence-electron chi connectivity index (χ1n) is 22.7. The number of nitrogens with one attached hydrogen (secondary N) is 1. The van der Waals surface area contributed by atoms with E-state index in [1.165, 1.54) is 23.3 Å². The molecule has 4 aromatic rings. The fourth-order valence-electron chi connectivity index (χ4n) is 10.7. The summed E-state index contributed by atoms with van der Waals surface area (Å²) in [6.07, 6.45) is 18.6. The lowest BCUT2D eigenvalue weighted by molar-refractivity contribution is -0.438. The molecule has 2 bridgehead atoms. The third-order valence-electron chi connectivity index (χ3n) is 14.0. The first-order valence-corrected chi connectivity index (χ1v) is 26.0. The number of fused-ring (bicyclic) bond motifs is 7. The maximum absolute atomic E-state index is 13.0. The van der Waals surface area contributed by atoms with E-state index < -0.39 is 31.1 Å². The van der Waals surface area contributed by atoms with Crippen molar-refractivity contribution < 1.29 is 35.3 Å². The quantitative estimate of drug-likeness (QED) is 0.0294. The number of carbonyl (C=O) groups is 1. The van der Waals surface area contributed by atoms with E-state index in [0.29, 0.717) is 42.9 Å². The Morgan fingerprint density at radius 3 is 2.38 bits per heavy atom. The Balaban J connectivity index is 0.889. The topological polar surface area (TPSA) is 183 Å². The van der Waals surface area contributed by atoms with Crippen molar-refractivity contribution in [3.63, 3.8) is 0 Å². The highest BCUT2D eigenvalue weighted by Crippen LogP contribution is 2.49. The van der Waals surface area contributed by atoms with E-state index in [1.807, 2.05) is 83.2 Å². The minimum absolute atomic E-state index is 0.0349. The van der Waals surface area contributed by atoms with Crippen molar-refractivity contribution in [3.05, 3.63) is 130 Å². The van der Waals surface area contributed by atoms with Crippen LogP contribution in [0.2, 0.25) is 5.02 Å². The van der Waals surface area contributed by atoms with Gasteiger partial charge in [0.1, 0.15) is 6.54 Å². The highest BCUT2D eigenvalue weighted by atomic mass is 35.5. The smallest absolute Gasteiger partial charge is 0.294 e. The van der Waals surface area contributed by atoms with Crippen LogP contribution in [0.1, 0.15) is 108 Å². The zero-order valence-corrected chi connectivity index (χ0v) is 40.5. The monoisotopic (exact) mass is 952 g/mol. The zero-order valence-electron chi connectivity index (χ0n) is 38.1. The molecule has 0 radical (unpaired) electrons. The maximum atomic E-state index is 13.0. The third kappa shape index (κ3) is 9.27. The van der Waals surface area contributed by atoms with Gasteiger partial charge in [0.2, 0.25) is 11.6 Å². The molecule has 2 atom stereocenters. The van der Waals surface area contributed by atoms with Crippen LogP contribution < -0.4 is 16.0 Å². The fraction of sp³-hybridized carbons (Fsp3) is 0.392. The number of unbranched alkanes of at least 4 members (excludes halogenated alkanes) is 2. The van der Waals surface area contributed by atoms with Crippen LogP contribution in [-0.2, 0) is 42.3 Å². The number of aromatic nitrogens is 1. The molecule has 2 aliphatic carbocycles. The highest BCUT2D eigenvalue weighted by Gasteiger charge is 2.45. The van der Waals surface area contributed by atoms with Gasteiger partial charge in [0, 0.05) is 87.8 Å². The molecule has 15 heteroatoms. The Hall–Kier alpha value is -5.12. The van der Waals surface area contributed by atoms with E-state index in [1.54, 1.807) is 24.3 Å². The lowest BCUT2D eigenvalue weighted by Gasteiger charge is -2.36. The number of allylic oxidation sites excluding steroid dienone is 7. The van der Waals surface area contributed by atoms with E-state index in [0.717, 1.165) is 101 Å². The second kappa shape index (κ2) is 18.2. The molecular formula is C51H59ClN5O7S2+. The first-order chi connectivity index (χ1) is 31.2. The number of nitrogens with zero attached hydrogens (tertiary/aromatic N) is 3. The van der Waals surface area contributed by atoms with Gasteiger partial charge in [-0.15, -0.1) is 0 Å². The summed E-state index contributed by atoms with van der Waals surface area (Å²) < 4.78 is 70.1. The standard InChI is InChI=1S/C51H58ClN5O7S2/c1-6-56-43-20-17-36(65(59,60)61)30-39(43)50(2,3)45(56)13-9-7-10-14-46-51(4,5)40-31-37(66(62,63)64)18-21-44(40)57(46)24-12-8-11-15-47(58)54-23-22-32-25-33-27-34(26-32)48-42(28-33)55-41-29-35(52)16-19-38(41)49(48)53/h7,9-10,13-14,16-21,25,29-31,33-34H,6,8,11-12,15,22-24,26-28H2,1-5H3,(H4-,53,54,55,58,59,60,61,62,63,64)/p+1/t33-,34+/m1/s1. The largest absolute Gasteiger partial charge is 0.398 e. The summed E-state index contributed by atoms with van der Waals surface area (Å²) in [5, 5.41) is 4.74. The van der Waals surface area contributed by atoms with Crippen molar-refractivity contribution in [2.75, 3.05) is 30.3 Å². The highest BCUT2D eigenvalue weighted by molar-refractivity contribution is 7.86. The predicted octanol–water partition coefficient (Wildman–Crippen LogP) is 9.90. The summed E-state index contributed by atoms with van der Waals surface area (Å²) in [6, 6.07) is 15.1. The summed E-state index contributed by atoms with van der Waals surface area (Å²) in [7, 11) is -8.78. The number of benzene rings is 3. The number of pyridine rings is 1. The minimum atomic E-state index is -4.42. The molecular weight excluding hydrogens is 894 g/mol. The minimum Gasteiger partial charge on any atom is -0.398 e. The number of rotatable bonds is 15. The van der Waals surface area contributed by atoms with Crippen LogP contribution in [0.5, 0.6) is 0 Å². The molecule has 0 spiro atoms. The molecule has 3 heterocycles. The second-order valence-corrected chi connectivity index (χ2v) is 22.3. The normalized spacial score (nSPS) is 20.3. The van der Waals surface area contributed by atoms with Gasteiger partial charge >= 0.3 is 0 Å². The lowest BCUT2D eigenvalue weighted by Crippen LogP contribution is -2.28. The Labute approximate surface area is 393 Å². The van der Waals surface area contributed by atoms with Crippen LogP contribution in [0.4, 0.5) is 17.1 Å². The number of nitrogens with two attached hydrogens (primary N) is 1. The van der Waals surface area contributed by atoms with E-state index >= 15 is 0 Å². The Bertz CT molecular complexity index is 3020. The lowest BCUT2D eigenvalue weighted by atomic mass is 9.70. The summed E-state index contributed by atoms with van der Waals surface area (Å²) in [5.74, 6) is 0.757. The SMILES string of the molecule is CCN1/C(=C/C=C/C=C/C2=[N+](CCCCCC(=O)NCCC3=C[C@H]4Cc5nc6cc(Cl)ccc6c(N)c5[C@@H](C3)C4)c3ccc(S(=O)(=O)O)cc3C2(C)C)C(C)(C)c2cc(S(=O)(=O)O)ccc21. The Morgan fingerprint density at radius 2 is 1.65 bits per heavy atom. The van der Waals surface area contributed by atoms with Gasteiger partial charge < -0.3 is 16.0 Å². The number of anilines is 2. The summed E-state index contributed by atoms with van der Waals surface area (Å²) >= 11 is 6.25. The van der Waals surface area contributed by atoms with Crippen LogP contribution in [-0.4, -0.2) is 66.8 Å². The fourth-order valence-corrected chi connectivity index (χ4v) is 11.9. The van der Waals surface area contributed by atoms with Crippen molar-refractivity contribution in [2.45, 2.75) is 113 Å². The molecule has 4 aliphatic rings. The van der Waals surface area contributed by atoms with Gasteiger partial charge in [-0.25, -0.2) is 0 Å². The van der Waals surface area contributed by atoms with Crippen molar-refractivity contribution in [1.82, 2.24) is 10.3 Å². The van der Waals surface area contributed by atoms with Crippen LogP contribution >= 0.6 is 11.6 Å². The van der Waals surface area contributed by atoms with E-state index in [9.17, 15) is 30.7 Å². The molecule has 2 aliphatic heterocycles. The average Bonchev–Trinajstić information content (AvgIpc) is 3.59. The molecule has 5 N–H and O–H groups in total. The van der Waals surface area contributed by atoms with Gasteiger partial charge in [-0.1, -0.05) is 55.3 Å². The number of hydrogen-bond donors (Lipinski definition) is 4. The van der Waals surface area contributed by atoms with E-state index in [4.69, 9.17) is 22.3 Å². The van der Waals surface area contributed by atoms with Gasteiger partial charge in [-0.2, -0.15) is 21.4 Å². The molecule has 8 rings (SSSR count). The van der Waals surface area contributed by atoms with Crippen molar-refractivity contribution >= 4 is 71.4 Å². The van der Waals surface area contributed by atoms with Crippen molar-refractivity contribution in [3.8, 4) is 0 Å². The number of likely N-dealkylation sites (N-methyl/N-ethyl adjacent to an activating group) is 1. The van der Waals surface area contributed by atoms with Gasteiger partial charge in [0.15, 0.2) is 5.71 Å². The third-order valence-corrected chi connectivity index (χ3v) is 15.9. The molecule has 1 aromatic heterocycles. The van der Waals surface area contributed by atoms with Crippen molar-refractivity contribution in [1.29, 1.82) is 0 Å². The molecule has 0 saturated heterocycles. The number of hydrogen-bond acceptors (Lipinski definition) is 8. The molecule has 66 heavy (non-hydrogen) atoms. The molecule has 348 valence electrons. The average molecular weight is 954 g/mol. The van der Waals surface area contributed by atoms with Gasteiger partial charge in [0.05, 0.1) is 20.7 Å². The summed E-state index contributed by atoms with van der Waals surface area (Å²) in [4.78, 5) is 19.8. The zero-order chi connectivity index (χ0) is 47.3. The van der Waals surface area contributed by atoms with Crippen molar-refractivity contribution in [2.24, 2.45) is 5.92 Å². The molecule has 0 fully saturated rings. The van der Waals surface area contributed by atoms with E-state index in [-0.39, 0.29) is 15.7 Å². The van der Waals surface area contributed by atoms with Crippen LogP contribution in [0.15, 0.2) is 112 Å². The molecule has 12 nitrogen and oxygen atoms in total. The van der Waals surface area contributed by atoms with Crippen LogP contribution in [0.25, 0.3) is 10.9 Å². The van der Waals surface area contributed by atoms with Gasteiger partial charge in [-0.3, -0.25) is 18.9 Å². The summed E-state index contributed by atoms with van der Waals surface area (Å²) in [5.41, 5.74) is 16.2.